The molecule has 1 heterocycles. The molecular formula is C16H8BrClO. The molecule has 92 valence electrons. The van der Waals surface area contributed by atoms with Crippen LogP contribution < -0.4 is 0 Å². The topological polar surface area (TPSA) is 13.1 Å². The standard InChI is InChI=1S/C16H8BrClO/c17-12-5-1-3-10-9(12)7-8-14-15(10)11-4-2-6-13(18)16(11)19-14/h1-8H. The lowest BCUT2D eigenvalue weighted by Crippen LogP contribution is -1.76. The highest BCUT2D eigenvalue weighted by molar-refractivity contribution is 9.10. The van der Waals surface area contributed by atoms with Crippen molar-refractivity contribution in [1.29, 1.82) is 0 Å². The van der Waals surface area contributed by atoms with E-state index in [1.807, 2.05) is 36.4 Å². The lowest BCUT2D eigenvalue weighted by atomic mass is 10.0. The second-order valence-corrected chi connectivity index (χ2v) is 5.75. The Balaban J connectivity index is 2.36. The first-order valence-corrected chi connectivity index (χ1v) is 7.11. The molecule has 0 atom stereocenters. The van der Waals surface area contributed by atoms with Gasteiger partial charge in [0, 0.05) is 15.2 Å². The molecule has 1 nitrogen and oxygen atoms in total. The van der Waals surface area contributed by atoms with Gasteiger partial charge in [-0.1, -0.05) is 51.8 Å². The van der Waals surface area contributed by atoms with Crippen LogP contribution in [0.5, 0.6) is 0 Å². The fraction of sp³-hybridized carbons (Fsp3) is 0. The van der Waals surface area contributed by atoms with Gasteiger partial charge < -0.3 is 4.42 Å². The zero-order valence-corrected chi connectivity index (χ0v) is 12.1. The summed E-state index contributed by atoms with van der Waals surface area (Å²) in [6.45, 7) is 0. The molecule has 0 N–H and O–H groups in total. The van der Waals surface area contributed by atoms with E-state index in [4.69, 9.17) is 16.0 Å². The van der Waals surface area contributed by atoms with Gasteiger partial charge in [0.15, 0.2) is 5.58 Å². The van der Waals surface area contributed by atoms with Crippen molar-refractivity contribution in [1.82, 2.24) is 0 Å². The number of furan rings is 1. The average Bonchev–Trinajstić information content (AvgIpc) is 2.80. The zero-order valence-electron chi connectivity index (χ0n) is 9.78. The Morgan fingerprint density at radius 1 is 0.842 bits per heavy atom. The highest BCUT2D eigenvalue weighted by atomic mass is 79.9. The molecule has 0 saturated heterocycles. The predicted octanol–water partition coefficient (Wildman–Crippen LogP) is 6.16. The minimum Gasteiger partial charge on any atom is -0.454 e. The molecule has 0 fully saturated rings. The van der Waals surface area contributed by atoms with E-state index in [0.29, 0.717) is 5.02 Å². The highest BCUT2D eigenvalue weighted by Crippen LogP contribution is 2.38. The van der Waals surface area contributed by atoms with Crippen LogP contribution in [0.2, 0.25) is 5.02 Å². The molecule has 0 aliphatic rings. The number of halogens is 2. The maximum atomic E-state index is 6.21. The molecule has 0 radical (unpaired) electrons. The van der Waals surface area contributed by atoms with Gasteiger partial charge in [0.2, 0.25) is 0 Å². The largest absolute Gasteiger partial charge is 0.454 e. The summed E-state index contributed by atoms with van der Waals surface area (Å²) in [5.41, 5.74) is 1.63. The molecular weight excluding hydrogens is 324 g/mol. The maximum Gasteiger partial charge on any atom is 0.154 e. The molecule has 0 spiro atoms. The van der Waals surface area contributed by atoms with Gasteiger partial charge in [0.25, 0.3) is 0 Å². The van der Waals surface area contributed by atoms with Gasteiger partial charge >= 0.3 is 0 Å². The van der Waals surface area contributed by atoms with E-state index in [-0.39, 0.29) is 0 Å². The first kappa shape index (κ1) is 11.3. The Morgan fingerprint density at radius 2 is 1.63 bits per heavy atom. The van der Waals surface area contributed by atoms with E-state index < -0.39 is 0 Å². The Kier molecular flexibility index (Phi) is 2.38. The van der Waals surface area contributed by atoms with Crippen LogP contribution in [0, 0.1) is 0 Å². The lowest BCUT2D eigenvalue weighted by Gasteiger charge is -2.01. The van der Waals surface area contributed by atoms with Crippen LogP contribution in [0.4, 0.5) is 0 Å². The van der Waals surface area contributed by atoms with Crippen molar-refractivity contribution >= 4 is 60.2 Å². The van der Waals surface area contributed by atoms with Crippen molar-refractivity contribution in [3.05, 3.63) is 58.0 Å². The second kappa shape index (κ2) is 3.99. The predicted molar refractivity (Wildman–Crippen MR) is 83.9 cm³/mol. The van der Waals surface area contributed by atoms with Gasteiger partial charge in [0.05, 0.1) is 5.02 Å². The van der Waals surface area contributed by atoms with E-state index in [1.165, 1.54) is 10.8 Å². The van der Waals surface area contributed by atoms with Crippen LogP contribution in [0.3, 0.4) is 0 Å². The second-order valence-electron chi connectivity index (χ2n) is 4.49. The fourth-order valence-electron chi connectivity index (χ4n) is 2.58. The van der Waals surface area contributed by atoms with E-state index in [0.717, 1.165) is 26.4 Å². The maximum absolute atomic E-state index is 6.21. The zero-order chi connectivity index (χ0) is 13.0. The molecule has 0 aliphatic heterocycles. The minimum absolute atomic E-state index is 0.650. The summed E-state index contributed by atoms with van der Waals surface area (Å²) >= 11 is 9.80. The van der Waals surface area contributed by atoms with Crippen molar-refractivity contribution in [3.63, 3.8) is 0 Å². The van der Waals surface area contributed by atoms with Gasteiger partial charge in [-0.2, -0.15) is 0 Å². The number of para-hydroxylation sites is 1. The van der Waals surface area contributed by atoms with Gasteiger partial charge in [-0.05, 0) is 35.0 Å². The van der Waals surface area contributed by atoms with Crippen molar-refractivity contribution < 1.29 is 4.42 Å². The fourth-order valence-corrected chi connectivity index (χ4v) is 3.29. The van der Waals surface area contributed by atoms with Crippen LogP contribution in [0.25, 0.3) is 32.7 Å². The normalized spacial score (nSPS) is 11.7. The van der Waals surface area contributed by atoms with Crippen LogP contribution in [-0.2, 0) is 0 Å². The average molecular weight is 332 g/mol. The Hall–Kier alpha value is -1.51. The molecule has 0 saturated carbocycles. The first-order valence-electron chi connectivity index (χ1n) is 5.93. The van der Waals surface area contributed by atoms with E-state index in [2.05, 4.69) is 28.1 Å². The van der Waals surface area contributed by atoms with E-state index in [1.54, 1.807) is 0 Å². The summed E-state index contributed by atoms with van der Waals surface area (Å²) in [6.07, 6.45) is 0. The van der Waals surface area contributed by atoms with Crippen molar-refractivity contribution in [3.8, 4) is 0 Å². The van der Waals surface area contributed by atoms with Gasteiger partial charge in [-0.25, -0.2) is 0 Å². The Morgan fingerprint density at radius 3 is 2.53 bits per heavy atom. The van der Waals surface area contributed by atoms with E-state index in [9.17, 15) is 0 Å². The summed E-state index contributed by atoms with van der Waals surface area (Å²) in [6, 6.07) is 16.1. The lowest BCUT2D eigenvalue weighted by molar-refractivity contribution is 0.669. The van der Waals surface area contributed by atoms with Crippen LogP contribution >= 0.6 is 27.5 Å². The third-order valence-electron chi connectivity index (χ3n) is 3.42. The molecule has 0 aliphatic carbocycles. The number of fused-ring (bicyclic) bond motifs is 5. The van der Waals surface area contributed by atoms with E-state index >= 15 is 0 Å². The third kappa shape index (κ3) is 1.54. The molecule has 19 heavy (non-hydrogen) atoms. The first-order chi connectivity index (χ1) is 9.25. The van der Waals surface area contributed by atoms with Crippen LogP contribution in [0.15, 0.2) is 57.4 Å². The van der Waals surface area contributed by atoms with Crippen LogP contribution in [-0.4, -0.2) is 0 Å². The number of hydrogen-bond donors (Lipinski definition) is 0. The van der Waals surface area contributed by atoms with Gasteiger partial charge in [-0.15, -0.1) is 0 Å². The molecule has 3 heteroatoms. The Labute approximate surface area is 122 Å². The SMILES string of the molecule is Clc1cccc2c1oc1ccc3c(Br)cccc3c12. The quantitative estimate of drug-likeness (QED) is 0.376. The molecule has 0 bridgehead atoms. The minimum atomic E-state index is 0.650. The molecule has 0 amide bonds. The summed E-state index contributed by atoms with van der Waals surface area (Å²) < 4.78 is 6.97. The van der Waals surface area contributed by atoms with Gasteiger partial charge in [-0.3, -0.25) is 0 Å². The highest BCUT2D eigenvalue weighted by Gasteiger charge is 2.12. The summed E-state index contributed by atoms with van der Waals surface area (Å²) in [5, 5.41) is 5.19. The summed E-state index contributed by atoms with van der Waals surface area (Å²) in [5.74, 6) is 0. The molecule has 1 aromatic heterocycles. The molecule has 0 unspecified atom stereocenters. The van der Waals surface area contributed by atoms with Gasteiger partial charge in [0.1, 0.15) is 5.58 Å². The smallest absolute Gasteiger partial charge is 0.154 e. The van der Waals surface area contributed by atoms with Crippen molar-refractivity contribution in [2.75, 3.05) is 0 Å². The summed E-state index contributed by atoms with van der Waals surface area (Å²) in [4.78, 5) is 0. The number of benzene rings is 3. The summed E-state index contributed by atoms with van der Waals surface area (Å²) in [7, 11) is 0. The molecule has 3 aromatic carbocycles. The third-order valence-corrected chi connectivity index (χ3v) is 4.41. The molecule has 4 aromatic rings. The number of rotatable bonds is 0. The monoisotopic (exact) mass is 330 g/mol. The Bertz CT molecular complexity index is 928. The van der Waals surface area contributed by atoms with Crippen LogP contribution in [0.1, 0.15) is 0 Å². The van der Waals surface area contributed by atoms with Crippen molar-refractivity contribution in [2.24, 2.45) is 0 Å². The number of hydrogen-bond acceptors (Lipinski definition) is 1. The molecule has 4 rings (SSSR count). The van der Waals surface area contributed by atoms with Crippen molar-refractivity contribution in [2.45, 2.75) is 0 Å².